The van der Waals surface area contributed by atoms with Crippen molar-refractivity contribution in [2.24, 2.45) is 0 Å². The van der Waals surface area contributed by atoms with Crippen LogP contribution in [-0.2, 0) is 21.3 Å². The number of rotatable bonds is 4. The first-order valence-electron chi connectivity index (χ1n) is 7.22. The highest BCUT2D eigenvalue weighted by Crippen LogP contribution is 2.45. The summed E-state index contributed by atoms with van der Waals surface area (Å²) in [7, 11) is 0. The number of nitrogens with one attached hydrogen (secondary N) is 1. The zero-order chi connectivity index (χ0) is 17.2. The van der Waals surface area contributed by atoms with Gasteiger partial charge in [0.1, 0.15) is 5.60 Å². The molecule has 1 aromatic carbocycles. The number of aromatic nitrogens is 4. The van der Waals surface area contributed by atoms with Crippen molar-refractivity contribution in [1.29, 1.82) is 0 Å². The highest BCUT2D eigenvalue weighted by molar-refractivity contribution is 5.86. The minimum absolute atomic E-state index is 0. The quantitative estimate of drug-likeness (QED) is 0.643. The minimum Gasteiger partial charge on any atom is -0.451 e. The molecule has 10 heteroatoms. The summed E-state index contributed by atoms with van der Waals surface area (Å²) < 4.78 is 43.4. The van der Waals surface area contributed by atoms with Gasteiger partial charge >= 0.3 is 12.1 Å². The first kappa shape index (κ1) is 18.6. The van der Waals surface area contributed by atoms with Crippen LogP contribution in [0.5, 0.6) is 0 Å². The van der Waals surface area contributed by atoms with Gasteiger partial charge in [0.25, 0.3) is 0 Å². The number of hydrogen-bond acceptors (Lipinski definition) is 6. The molecule has 4 N–H and O–H groups in total. The minimum atomic E-state index is -4.39. The highest BCUT2D eigenvalue weighted by atomic mass is 19.4. The van der Waals surface area contributed by atoms with E-state index in [1.165, 1.54) is 24.3 Å². The number of carbonyl (C=O) groups excluding carboxylic acids is 1. The summed E-state index contributed by atoms with van der Waals surface area (Å²) >= 11 is 0. The number of aromatic amines is 1. The monoisotopic (exact) mass is 355 g/mol. The van der Waals surface area contributed by atoms with E-state index in [-0.39, 0.29) is 6.15 Å². The van der Waals surface area contributed by atoms with E-state index in [4.69, 9.17) is 4.74 Å². The Labute approximate surface area is 140 Å². The van der Waals surface area contributed by atoms with Gasteiger partial charge in [0.05, 0.1) is 5.56 Å². The molecule has 0 bridgehead atoms. The van der Waals surface area contributed by atoms with Crippen molar-refractivity contribution < 1.29 is 22.7 Å². The number of benzene rings is 1. The van der Waals surface area contributed by atoms with Gasteiger partial charge in [0.2, 0.25) is 0 Å². The average molecular weight is 355 g/mol. The third kappa shape index (κ3) is 4.02. The second kappa shape index (κ2) is 7.01. The number of ether oxygens (including phenoxy) is 1. The van der Waals surface area contributed by atoms with Crippen LogP contribution in [0.3, 0.4) is 0 Å². The smallest absolute Gasteiger partial charge is 0.416 e. The first-order valence-corrected chi connectivity index (χ1v) is 7.22. The molecular weight excluding hydrogens is 339 g/mol. The molecule has 0 amide bonds. The van der Waals surface area contributed by atoms with Gasteiger partial charge in [0.15, 0.2) is 5.82 Å². The van der Waals surface area contributed by atoms with E-state index in [1.54, 1.807) is 0 Å². The number of tetrazole rings is 1. The number of hydrogen-bond donors (Lipinski definition) is 2. The van der Waals surface area contributed by atoms with E-state index in [2.05, 4.69) is 20.6 Å². The van der Waals surface area contributed by atoms with Crippen LogP contribution in [0.1, 0.15) is 36.2 Å². The number of halogens is 3. The predicted octanol–water partition coefficient (Wildman–Crippen LogP) is 3.02. The van der Waals surface area contributed by atoms with Crippen LogP contribution >= 0.6 is 0 Å². The topological polar surface area (TPSA) is 116 Å². The fourth-order valence-corrected chi connectivity index (χ4v) is 2.52. The number of esters is 1. The maximum Gasteiger partial charge on any atom is 0.416 e. The fourth-order valence-electron chi connectivity index (χ4n) is 2.52. The fraction of sp³-hybridized carbons (Fsp3) is 0.333. The predicted molar refractivity (Wildman–Crippen MR) is 81.3 cm³/mol. The normalized spacial score (nSPS) is 16.1. The Morgan fingerprint density at radius 3 is 2.40 bits per heavy atom. The van der Waals surface area contributed by atoms with Gasteiger partial charge in [-0.1, -0.05) is 12.1 Å². The molecule has 0 unspecified atom stereocenters. The Kier molecular flexibility index (Phi) is 5.21. The van der Waals surface area contributed by atoms with Gasteiger partial charge in [-0.15, -0.1) is 5.10 Å². The maximum atomic E-state index is 12.6. The van der Waals surface area contributed by atoms with Crippen LogP contribution in [0.4, 0.5) is 13.2 Å². The summed E-state index contributed by atoms with van der Waals surface area (Å²) in [6.45, 7) is 0. The lowest BCUT2D eigenvalue weighted by Crippen LogP contribution is -2.38. The van der Waals surface area contributed by atoms with E-state index in [1.807, 2.05) is 0 Å². The molecule has 0 saturated heterocycles. The van der Waals surface area contributed by atoms with Crippen LogP contribution in [-0.4, -0.2) is 26.6 Å². The Morgan fingerprint density at radius 2 is 1.92 bits per heavy atom. The highest BCUT2D eigenvalue weighted by Gasteiger charge is 2.42. The number of nitrogens with zero attached hydrogens (tertiary/aromatic N) is 3. The van der Waals surface area contributed by atoms with Crippen LogP contribution in [0.25, 0.3) is 6.08 Å². The standard InChI is InChI=1S/C15H13F3N4O2.H3N/c16-15(17,18)11-4-2-10(3-5-11)14(8-1-9-14)24-13(23)7-6-12-19-21-22-20-12;/h2-7H,1,8-9H2,(H,19,20,21,22);1H3/b7-6+;. The van der Waals surface area contributed by atoms with Crippen LogP contribution in [0, 0.1) is 0 Å². The zero-order valence-electron chi connectivity index (χ0n) is 13.1. The van der Waals surface area contributed by atoms with E-state index in [0.717, 1.165) is 18.6 Å². The Balaban J connectivity index is 0.00000225. The molecule has 134 valence electrons. The molecule has 25 heavy (non-hydrogen) atoms. The van der Waals surface area contributed by atoms with Crippen molar-refractivity contribution >= 4 is 12.0 Å². The number of carbonyl (C=O) groups is 1. The SMILES string of the molecule is N.O=C(/C=C/c1nnn[nH]1)OC1(c2ccc(C(F)(F)F)cc2)CCC1. The van der Waals surface area contributed by atoms with Crippen molar-refractivity contribution in [3.63, 3.8) is 0 Å². The maximum absolute atomic E-state index is 12.6. The number of alkyl halides is 3. The van der Waals surface area contributed by atoms with Crippen molar-refractivity contribution in [1.82, 2.24) is 26.8 Å². The van der Waals surface area contributed by atoms with E-state index in [9.17, 15) is 18.0 Å². The Morgan fingerprint density at radius 1 is 1.24 bits per heavy atom. The third-order valence-corrected chi connectivity index (χ3v) is 3.93. The molecule has 1 heterocycles. The van der Waals surface area contributed by atoms with Crippen molar-refractivity contribution in [3.8, 4) is 0 Å². The van der Waals surface area contributed by atoms with Crippen molar-refractivity contribution in [2.75, 3.05) is 0 Å². The van der Waals surface area contributed by atoms with Crippen LogP contribution in [0.15, 0.2) is 30.3 Å². The molecule has 1 aliphatic rings. The van der Waals surface area contributed by atoms with E-state index >= 15 is 0 Å². The second-order valence-corrected chi connectivity index (χ2v) is 5.46. The summed E-state index contributed by atoms with van der Waals surface area (Å²) in [5, 5.41) is 12.8. The molecule has 3 rings (SSSR count). The van der Waals surface area contributed by atoms with Gasteiger partial charge < -0.3 is 10.9 Å². The Bertz CT molecular complexity index is 738. The van der Waals surface area contributed by atoms with Gasteiger partial charge in [-0.05, 0) is 53.5 Å². The molecule has 1 aliphatic carbocycles. The average Bonchev–Trinajstić information content (AvgIpc) is 3.01. The molecule has 0 radical (unpaired) electrons. The molecule has 7 nitrogen and oxygen atoms in total. The summed E-state index contributed by atoms with van der Waals surface area (Å²) in [4.78, 5) is 12.0. The van der Waals surface area contributed by atoms with Gasteiger partial charge in [-0.3, -0.25) is 0 Å². The van der Waals surface area contributed by atoms with Gasteiger partial charge in [-0.2, -0.15) is 13.2 Å². The van der Waals surface area contributed by atoms with Crippen LogP contribution < -0.4 is 6.15 Å². The van der Waals surface area contributed by atoms with Crippen molar-refractivity contribution in [2.45, 2.75) is 31.0 Å². The Hall–Kier alpha value is -2.75. The molecule has 0 atom stereocenters. The largest absolute Gasteiger partial charge is 0.451 e. The lowest BCUT2D eigenvalue weighted by molar-refractivity contribution is -0.165. The molecule has 1 fully saturated rings. The molecule has 1 aromatic heterocycles. The van der Waals surface area contributed by atoms with Gasteiger partial charge in [-0.25, -0.2) is 9.89 Å². The second-order valence-electron chi connectivity index (χ2n) is 5.46. The summed E-state index contributed by atoms with van der Waals surface area (Å²) in [6.07, 6.45) is 0.122. The molecule has 0 aliphatic heterocycles. The third-order valence-electron chi connectivity index (χ3n) is 3.93. The van der Waals surface area contributed by atoms with Gasteiger partial charge in [0, 0.05) is 6.08 Å². The van der Waals surface area contributed by atoms with Crippen molar-refractivity contribution in [3.05, 3.63) is 47.3 Å². The molecular formula is C15H16F3N5O2. The van der Waals surface area contributed by atoms with E-state index < -0.39 is 23.3 Å². The summed E-state index contributed by atoms with van der Waals surface area (Å²) in [6, 6.07) is 4.72. The van der Waals surface area contributed by atoms with E-state index in [0.29, 0.717) is 24.2 Å². The summed E-state index contributed by atoms with van der Waals surface area (Å²) in [5.74, 6) is -0.310. The molecule has 0 spiro atoms. The lowest BCUT2D eigenvalue weighted by Gasteiger charge is -2.41. The van der Waals surface area contributed by atoms with Crippen LogP contribution in [0.2, 0.25) is 0 Å². The first-order chi connectivity index (χ1) is 11.4. The zero-order valence-corrected chi connectivity index (χ0v) is 13.1. The lowest BCUT2D eigenvalue weighted by atomic mass is 9.74. The summed E-state index contributed by atoms with van der Waals surface area (Å²) in [5.41, 5.74) is -1.04. The number of H-pyrrole nitrogens is 1. The molecule has 1 saturated carbocycles. The molecule has 2 aromatic rings.